The molecule has 0 spiro atoms. The predicted octanol–water partition coefficient (Wildman–Crippen LogP) is 3.93. The summed E-state index contributed by atoms with van der Waals surface area (Å²) in [6, 6.07) is 9.68. The molecule has 0 amide bonds. The Morgan fingerprint density at radius 2 is 2.00 bits per heavy atom. The zero-order valence-corrected chi connectivity index (χ0v) is 14.6. The Labute approximate surface area is 158 Å². The number of aromatic nitrogens is 3. The van der Waals surface area contributed by atoms with Gasteiger partial charge in [-0.05, 0) is 6.07 Å². The van der Waals surface area contributed by atoms with Gasteiger partial charge in [0.05, 0.1) is 17.7 Å². The minimum atomic E-state index is -0.990. The Balaban J connectivity index is 2.03. The fraction of sp³-hybridized carbons (Fsp3) is 0.0526. The highest BCUT2D eigenvalue weighted by Gasteiger charge is 2.23. The molecular weight excluding hydrogens is 365 g/mol. The van der Waals surface area contributed by atoms with Gasteiger partial charge in [-0.15, -0.1) is 0 Å². The molecule has 0 radical (unpaired) electrons. The number of nitrogens with zero attached hydrogens (tertiary/aromatic N) is 3. The number of nitro groups is 1. The first kappa shape index (κ1) is 17.4. The maximum Gasteiger partial charge on any atom is 0.305 e. The van der Waals surface area contributed by atoms with Crippen molar-refractivity contribution in [2.45, 2.75) is 0 Å². The minimum absolute atomic E-state index is 0.0413. The number of aromatic amines is 1. The van der Waals surface area contributed by atoms with E-state index in [2.05, 4.69) is 15.0 Å². The number of nitro benzene ring substituents is 1. The topological polar surface area (TPSA) is 120 Å². The van der Waals surface area contributed by atoms with Crippen LogP contribution in [0.2, 0.25) is 0 Å². The molecule has 0 unspecified atom stereocenters. The van der Waals surface area contributed by atoms with Crippen LogP contribution < -0.4 is 10.5 Å². The molecule has 2 aromatic heterocycles. The molecule has 3 N–H and O–H groups in total. The highest BCUT2D eigenvalue weighted by Crippen LogP contribution is 2.41. The van der Waals surface area contributed by atoms with Crippen LogP contribution in [0.4, 0.5) is 16.0 Å². The second kappa shape index (κ2) is 6.62. The Morgan fingerprint density at radius 1 is 1.21 bits per heavy atom. The largest absolute Gasteiger partial charge is 0.496 e. The Morgan fingerprint density at radius 3 is 2.75 bits per heavy atom. The van der Waals surface area contributed by atoms with Gasteiger partial charge in [0.2, 0.25) is 11.8 Å². The molecule has 0 saturated carbocycles. The molecule has 0 atom stereocenters. The van der Waals surface area contributed by atoms with Gasteiger partial charge in [-0.25, -0.2) is 9.97 Å². The summed E-state index contributed by atoms with van der Waals surface area (Å²) < 4.78 is 19.3. The lowest BCUT2D eigenvalue weighted by Crippen LogP contribution is -2.01. The molecule has 140 valence electrons. The molecule has 2 aromatic carbocycles. The maximum atomic E-state index is 14.1. The first-order valence-electron chi connectivity index (χ1n) is 8.21. The van der Waals surface area contributed by atoms with Crippen molar-refractivity contribution in [3.63, 3.8) is 0 Å². The van der Waals surface area contributed by atoms with Crippen LogP contribution in [0.25, 0.3) is 33.3 Å². The van der Waals surface area contributed by atoms with Crippen molar-refractivity contribution in [1.29, 1.82) is 0 Å². The molecule has 4 aromatic rings. The number of hydrogen-bond donors (Lipinski definition) is 2. The second-order valence-corrected chi connectivity index (χ2v) is 6.00. The van der Waals surface area contributed by atoms with E-state index in [0.29, 0.717) is 11.3 Å². The molecule has 9 heteroatoms. The van der Waals surface area contributed by atoms with Crippen LogP contribution in [-0.2, 0) is 0 Å². The second-order valence-electron chi connectivity index (χ2n) is 6.00. The number of benzene rings is 2. The van der Waals surface area contributed by atoms with Crippen LogP contribution in [0.3, 0.4) is 0 Å². The number of halogens is 1. The van der Waals surface area contributed by atoms with E-state index in [-0.39, 0.29) is 17.3 Å². The highest BCUT2D eigenvalue weighted by atomic mass is 19.1. The van der Waals surface area contributed by atoms with E-state index in [9.17, 15) is 14.5 Å². The maximum absolute atomic E-state index is 14.1. The number of methoxy groups -OCH3 is 1. The number of hydrogen-bond acceptors (Lipinski definition) is 6. The number of ether oxygens (including phenoxy) is 1. The van der Waals surface area contributed by atoms with Crippen molar-refractivity contribution >= 4 is 22.5 Å². The third-order valence-electron chi connectivity index (χ3n) is 4.41. The fourth-order valence-electron chi connectivity index (χ4n) is 3.13. The van der Waals surface area contributed by atoms with Gasteiger partial charge >= 0.3 is 5.69 Å². The van der Waals surface area contributed by atoms with Gasteiger partial charge in [0.1, 0.15) is 5.75 Å². The van der Waals surface area contributed by atoms with E-state index in [1.165, 1.54) is 13.3 Å². The van der Waals surface area contributed by atoms with E-state index >= 15 is 0 Å². The van der Waals surface area contributed by atoms with Crippen molar-refractivity contribution in [2.24, 2.45) is 0 Å². The molecule has 0 bridgehead atoms. The van der Waals surface area contributed by atoms with E-state index < -0.39 is 16.4 Å². The summed E-state index contributed by atoms with van der Waals surface area (Å²) >= 11 is 0. The van der Waals surface area contributed by atoms with E-state index in [1.807, 2.05) is 24.3 Å². The fourth-order valence-corrected chi connectivity index (χ4v) is 3.13. The van der Waals surface area contributed by atoms with Crippen LogP contribution in [0, 0.1) is 15.9 Å². The minimum Gasteiger partial charge on any atom is -0.496 e. The van der Waals surface area contributed by atoms with Gasteiger partial charge in [-0.2, -0.15) is 4.39 Å². The normalized spacial score (nSPS) is 10.9. The van der Waals surface area contributed by atoms with Gasteiger partial charge in [0.25, 0.3) is 0 Å². The van der Waals surface area contributed by atoms with Crippen LogP contribution in [0.1, 0.15) is 0 Å². The lowest BCUT2D eigenvalue weighted by atomic mass is 9.99. The first-order chi connectivity index (χ1) is 13.5. The number of fused-ring (bicyclic) bond motifs is 1. The molecule has 28 heavy (non-hydrogen) atoms. The monoisotopic (exact) mass is 379 g/mol. The van der Waals surface area contributed by atoms with Crippen LogP contribution in [-0.4, -0.2) is 27.0 Å². The summed E-state index contributed by atoms with van der Waals surface area (Å²) in [5, 5.41) is 12.1. The first-order valence-corrected chi connectivity index (χ1v) is 8.21. The Kier molecular flexibility index (Phi) is 4.11. The average molecular weight is 379 g/mol. The lowest BCUT2D eigenvalue weighted by Gasteiger charge is -2.13. The van der Waals surface area contributed by atoms with Crippen LogP contribution >= 0.6 is 0 Å². The summed E-state index contributed by atoms with van der Waals surface area (Å²) in [4.78, 5) is 21.9. The van der Waals surface area contributed by atoms with E-state index in [0.717, 1.165) is 28.6 Å². The van der Waals surface area contributed by atoms with Crippen molar-refractivity contribution < 1.29 is 14.1 Å². The third-order valence-corrected chi connectivity index (χ3v) is 4.41. The number of nitrogens with two attached hydrogens (primary N) is 1. The number of H-pyrrole nitrogens is 1. The number of rotatable bonds is 4. The van der Waals surface area contributed by atoms with Crippen LogP contribution in [0.15, 0.2) is 48.8 Å². The van der Waals surface area contributed by atoms with Crippen molar-refractivity contribution in [1.82, 2.24) is 15.0 Å². The number of anilines is 1. The van der Waals surface area contributed by atoms with Crippen molar-refractivity contribution in [3.8, 4) is 28.1 Å². The van der Waals surface area contributed by atoms with Gasteiger partial charge in [-0.1, -0.05) is 18.2 Å². The number of para-hydroxylation sites is 1. The van der Waals surface area contributed by atoms with Gasteiger partial charge in [0, 0.05) is 52.1 Å². The number of nitrogen functional groups attached to an aromatic ring is 1. The van der Waals surface area contributed by atoms with E-state index in [1.54, 1.807) is 6.20 Å². The zero-order valence-electron chi connectivity index (χ0n) is 14.6. The molecule has 8 nitrogen and oxygen atoms in total. The van der Waals surface area contributed by atoms with E-state index in [4.69, 9.17) is 10.5 Å². The van der Waals surface area contributed by atoms with Gasteiger partial charge in [-0.3, -0.25) is 10.1 Å². The molecule has 0 aliphatic rings. The Hall–Kier alpha value is -4.01. The third kappa shape index (κ3) is 2.78. The predicted molar refractivity (Wildman–Crippen MR) is 102 cm³/mol. The molecular formula is C19H14FN5O3. The molecule has 4 rings (SSSR count). The lowest BCUT2D eigenvalue weighted by molar-refractivity contribution is -0.387. The molecule has 0 fully saturated rings. The summed E-state index contributed by atoms with van der Waals surface area (Å²) in [5.41, 5.74) is 7.91. The molecule has 2 heterocycles. The zero-order chi connectivity index (χ0) is 19.8. The van der Waals surface area contributed by atoms with Crippen molar-refractivity contribution in [3.05, 3.63) is 64.7 Å². The van der Waals surface area contributed by atoms with Gasteiger partial charge in [0.15, 0.2) is 0 Å². The quantitative estimate of drug-likeness (QED) is 0.409. The van der Waals surface area contributed by atoms with Crippen LogP contribution in [0.5, 0.6) is 5.75 Å². The standard InChI is InChI=1S/C19H14FN5O3/c1-28-17-7-14(20)16(25(26)27)6-11(17)13-9-23-19(21)24-18(13)12-8-22-15-5-3-2-4-10(12)15/h2-9,22H,1H3,(H2,21,23,24). The smallest absolute Gasteiger partial charge is 0.305 e. The van der Waals surface area contributed by atoms with Crippen molar-refractivity contribution in [2.75, 3.05) is 12.8 Å². The molecule has 0 aliphatic heterocycles. The molecule has 0 aliphatic carbocycles. The number of nitrogens with one attached hydrogen (secondary N) is 1. The summed E-state index contributed by atoms with van der Waals surface area (Å²) in [6.07, 6.45) is 3.21. The summed E-state index contributed by atoms with van der Waals surface area (Å²) in [5.74, 6) is -0.826. The highest BCUT2D eigenvalue weighted by molar-refractivity contribution is 5.99. The summed E-state index contributed by atoms with van der Waals surface area (Å²) in [6.45, 7) is 0. The summed E-state index contributed by atoms with van der Waals surface area (Å²) in [7, 11) is 1.35. The average Bonchev–Trinajstić information content (AvgIpc) is 3.11. The SMILES string of the molecule is COc1cc(F)c([N+](=O)[O-])cc1-c1cnc(N)nc1-c1c[nH]c2ccccc12. The Bertz CT molecular complexity index is 1220. The van der Waals surface area contributed by atoms with Gasteiger partial charge < -0.3 is 15.5 Å². The molecule has 0 saturated heterocycles.